The van der Waals surface area contributed by atoms with Gasteiger partial charge in [-0.05, 0) is 61.2 Å². The zero-order chi connectivity index (χ0) is 24.7. The van der Waals surface area contributed by atoms with E-state index in [0.717, 1.165) is 5.56 Å². The van der Waals surface area contributed by atoms with Crippen molar-refractivity contribution in [2.45, 2.75) is 46.6 Å². The van der Waals surface area contributed by atoms with E-state index in [9.17, 15) is 19.2 Å². The molecule has 2 aromatic rings. The van der Waals surface area contributed by atoms with E-state index in [1.165, 1.54) is 0 Å². The quantitative estimate of drug-likeness (QED) is 0.560. The predicted octanol–water partition coefficient (Wildman–Crippen LogP) is 4.07. The SMILES string of the molecule is CC1(C(=O)NCc2ccc(C(=O)Nc3ccc(Cl)cc3)cc2)CC2(C)CC(C)(C1)C(=O)NC2=O. The molecule has 2 atom stereocenters. The molecule has 34 heavy (non-hydrogen) atoms. The summed E-state index contributed by atoms with van der Waals surface area (Å²) in [7, 11) is 0. The maximum absolute atomic E-state index is 13.2. The Labute approximate surface area is 203 Å². The third kappa shape index (κ3) is 4.57. The molecule has 0 aromatic heterocycles. The molecule has 2 fully saturated rings. The predicted molar refractivity (Wildman–Crippen MR) is 129 cm³/mol. The second-order valence-electron chi connectivity index (χ2n) is 10.3. The van der Waals surface area contributed by atoms with Crippen molar-refractivity contribution >= 4 is 40.9 Å². The summed E-state index contributed by atoms with van der Waals surface area (Å²) in [6.07, 6.45) is 1.21. The van der Waals surface area contributed by atoms with E-state index in [4.69, 9.17) is 11.6 Å². The van der Waals surface area contributed by atoms with Crippen molar-refractivity contribution in [1.29, 1.82) is 0 Å². The van der Waals surface area contributed by atoms with Gasteiger partial charge in [0.15, 0.2) is 0 Å². The Balaban J connectivity index is 1.39. The van der Waals surface area contributed by atoms with Gasteiger partial charge in [0, 0.05) is 39.1 Å². The van der Waals surface area contributed by atoms with Crippen LogP contribution in [0.15, 0.2) is 48.5 Å². The van der Waals surface area contributed by atoms with Crippen molar-refractivity contribution in [3.63, 3.8) is 0 Å². The Kier molecular flexibility index (Phi) is 6.02. The Hall–Kier alpha value is -3.19. The van der Waals surface area contributed by atoms with Crippen LogP contribution in [0.3, 0.4) is 0 Å². The van der Waals surface area contributed by atoms with Crippen LogP contribution in [0.5, 0.6) is 0 Å². The number of halogens is 1. The fourth-order valence-electron chi connectivity index (χ4n) is 5.56. The third-order valence-corrected chi connectivity index (χ3v) is 7.24. The van der Waals surface area contributed by atoms with Crippen LogP contribution in [-0.2, 0) is 20.9 Å². The van der Waals surface area contributed by atoms with Crippen LogP contribution in [-0.4, -0.2) is 23.6 Å². The number of piperidine rings is 1. The summed E-state index contributed by atoms with van der Waals surface area (Å²) in [5.74, 6) is -1.04. The largest absolute Gasteiger partial charge is 0.352 e. The topological polar surface area (TPSA) is 104 Å². The number of nitrogens with one attached hydrogen (secondary N) is 3. The van der Waals surface area contributed by atoms with Gasteiger partial charge in [-0.15, -0.1) is 0 Å². The van der Waals surface area contributed by atoms with E-state index in [0.29, 0.717) is 35.5 Å². The van der Waals surface area contributed by atoms with Crippen molar-refractivity contribution in [2.24, 2.45) is 16.2 Å². The number of carbonyl (C=O) groups excluding carboxylic acids is 4. The monoisotopic (exact) mass is 481 g/mol. The molecule has 2 aliphatic rings. The highest BCUT2D eigenvalue weighted by molar-refractivity contribution is 6.30. The fourth-order valence-corrected chi connectivity index (χ4v) is 5.69. The first-order chi connectivity index (χ1) is 15.9. The van der Waals surface area contributed by atoms with E-state index in [-0.39, 0.29) is 30.2 Å². The van der Waals surface area contributed by atoms with Crippen LogP contribution in [0.25, 0.3) is 0 Å². The van der Waals surface area contributed by atoms with Crippen molar-refractivity contribution in [1.82, 2.24) is 10.6 Å². The zero-order valence-corrected chi connectivity index (χ0v) is 20.2. The summed E-state index contributed by atoms with van der Waals surface area (Å²) >= 11 is 5.87. The third-order valence-electron chi connectivity index (χ3n) is 6.98. The molecule has 178 valence electrons. The standard InChI is InChI=1S/C26H28ClN3O4/c1-24(13-25(2)15-26(3,14-24)23(34)30-22(25)33)21(32)28-12-16-4-6-17(7-5-16)20(31)29-19-10-8-18(27)9-11-19/h4-11H,12-15H2,1-3H3,(H,28,32)(H,29,31)(H,30,33,34). The first-order valence-corrected chi connectivity index (χ1v) is 11.6. The van der Waals surface area contributed by atoms with Gasteiger partial charge in [-0.1, -0.05) is 44.5 Å². The van der Waals surface area contributed by atoms with Crippen molar-refractivity contribution in [2.75, 3.05) is 5.32 Å². The maximum atomic E-state index is 13.2. The lowest BCUT2D eigenvalue weighted by molar-refractivity contribution is -0.164. The molecule has 2 unspecified atom stereocenters. The normalized spacial score (nSPS) is 28.1. The van der Waals surface area contributed by atoms with Crippen LogP contribution in [0.4, 0.5) is 5.69 Å². The number of amides is 4. The Morgan fingerprint density at radius 1 is 0.882 bits per heavy atom. The van der Waals surface area contributed by atoms with Crippen molar-refractivity contribution in [3.05, 3.63) is 64.7 Å². The molecule has 0 spiro atoms. The second-order valence-corrected chi connectivity index (χ2v) is 10.8. The zero-order valence-electron chi connectivity index (χ0n) is 19.5. The van der Waals surface area contributed by atoms with Crippen LogP contribution in [0, 0.1) is 16.2 Å². The summed E-state index contributed by atoms with van der Waals surface area (Å²) in [6.45, 7) is 5.76. The Morgan fingerprint density at radius 2 is 1.44 bits per heavy atom. The molecule has 4 amide bonds. The van der Waals surface area contributed by atoms with E-state index in [1.807, 2.05) is 20.8 Å². The molecule has 7 nitrogen and oxygen atoms in total. The van der Waals surface area contributed by atoms with Gasteiger partial charge in [0.1, 0.15) is 0 Å². The number of anilines is 1. The molecule has 8 heteroatoms. The summed E-state index contributed by atoms with van der Waals surface area (Å²) < 4.78 is 0. The number of carbonyl (C=O) groups is 4. The molecule has 0 radical (unpaired) electrons. The minimum absolute atomic E-state index is 0.184. The highest BCUT2D eigenvalue weighted by Gasteiger charge is 2.60. The fraction of sp³-hybridized carbons (Fsp3) is 0.385. The first-order valence-electron chi connectivity index (χ1n) is 11.2. The van der Waals surface area contributed by atoms with Gasteiger partial charge in [0.05, 0.1) is 0 Å². The molecule has 3 N–H and O–H groups in total. The average Bonchev–Trinajstić information content (AvgIpc) is 2.77. The van der Waals surface area contributed by atoms with Gasteiger partial charge in [-0.2, -0.15) is 0 Å². The minimum Gasteiger partial charge on any atom is -0.352 e. The van der Waals surface area contributed by atoms with Gasteiger partial charge >= 0.3 is 0 Å². The lowest BCUT2D eigenvalue weighted by atomic mass is 9.52. The van der Waals surface area contributed by atoms with E-state index >= 15 is 0 Å². The molecule has 1 saturated heterocycles. The van der Waals surface area contributed by atoms with Crippen LogP contribution in [0.2, 0.25) is 5.02 Å². The van der Waals surface area contributed by atoms with Crippen molar-refractivity contribution < 1.29 is 19.2 Å². The summed E-state index contributed by atoms with van der Waals surface area (Å²) in [4.78, 5) is 50.6. The van der Waals surface area contributed by atoms with Crippen LogP contribution >= 0.6 is 11.6 Å². The van der Waals surface area contributed by atoms with Crippen LogP contribution < -0.4 is 16.0 Å². The first kappa shape index (κ1) is 24.0. The summed E-state index contributed by atoms with van der Waals surface area (Å²) in [5.41, 5.74) is -0.387. The van der Waals surface area contributed by atoms with Crippen LogP contribution in [0.1, 0.15) is 56.0 Å². The van der Waals surface area contributed by atoms with E-state index in [1.54, 1.807) is 48.5 Å². The minimum atomic E-state index is -0.840. The molecule has 1 saturated carbocycles. The van der Waals surface area contributed by atoms with E-state index < -0.39 is 16.2 Å². The Bertz CT molecular complexity index is 1130. The number of hydrogen-bond acceptors (Lipinski definition) is 4. The highest BCUT2D eigenvalue weighted by atomic mass is 35.5. The molecule has 4 rings (SSSR count). The van der Waals surface area contributed by atoms with E-state index in [2.05, 4.69) is 16.0 Å². The average molecular weight is 482 g/mol. The lowest BCUT2D eigenvalue weighted by Gasteiger charge is -2.53. The summed E-state index contributed by atoms with van der Waals surface area (Å²) in [5, 5.41) is 8.84. The van der Waals surface area contributed by atoms with Gasteiger partial charge in [0.25, 0.3) is 5.91 Å². The molecule has 1 aliphatic heterocycles. The van der Waals surface area contributed by atoms with Crippen molar-refractivity contribution in [3.8, 4) is 0 Å². The molecular formula is C26H28ClN3O4. The second kappa shape index (κ2) is 8.55. The van der Waals surface area contributed by atoms with Gasteiger partial charge < -0.3 is 10.6 Å². The molecule has 2 aromatic carbocycles. The maximum Gasteiger partial charge on any atom is 0.255 e. The highest BCUT2D eigenvalue weighted by Crippen LogP contribution is 2.56. The molecule has 2 bridgehead atoms. The molecule has 1 aliphatic carbocycles. The summed E-state index contributed by atoms with van der Waals surface area (Å²) in [6, 6.07) is 13.8. The smallest absolute Gasteiger partial charge is 0.255 e. The van der Waals surface area contributed by atoms with Gasteiger partial charge in [-0.3, -0.25) is 24.5 Å². The number of fused-ring (bicyclic) bond motifs is 2. The van der Waals surface area contributed by atoms with Gasteiger partial charge in [-0.25, -0.2) is 0 Å². The lowest BCUT2D eigenvalue weighted by Crippen LogP contribution is -2.63. The van der Waals surface area contributed by atoms with Gasteiger partial charge in [0.2, 0.25) is 17.7 Å². The number of rotatable bonds is 5. The molecule has 1 heterocycles. The molecular weight excluding hydrogens is 454 g/mol. The number of imide groups is 1. The number of benzene rings is 2. The Morgan fingerprint density at radius 3 is 2.00 bits per heavy atom. The number of hydrogen-bond donors (Lipinski definition) is 3.